The lowest BCUT2D eigenvalue weighted by Gasteiger charge is -2.38. The normalized spacial score (nSPS) is 8.93. The van der Waals surface area contributed by atoms with Crippen molar-refractivity contribution in [2.24, 2.45) is 0 Å². The average molecular weight is 168 g/mol. The maximum Gasteiger partial charge on any atom is -0.00000325 e. The minimum absolute atomic E-state index is 0.0398. The van der Waals surface area contributed by atoms with Gasteiger partial charge < -0.3 is 0 Å². The van der Waals surface area contributed by atoms with E-state index in [9.17, 15) is 0 Å². The molecule has 0 unspecified atom stereocenters. The molecule has 15 heavy (non-hydrogen) atoms. The highest BCUT2D eigenvalue weighted by Gasteiger charge is 2.33. The van der Waals surface area contributed by atoms with Crippen LogP contribution in [0.15, 0.2) is 0 Å². The first-order valence-electron chi connectivity index (χ1n) is 4.00. The Labute approximate surface area is 107 Å². The molecule has 0 aromatic heterocycles. The standard InChI is InChI=1S/B15H6/c1-9-13(8)15(12(6)7)14(10(2)3)11(4)5/h1-2H3/q-2. The Morgan fingerprint density at radius 3 is 1.40 bits per heavy atom. The minimum Gasteiger partial charge on any atom is -0.158 e. The third kappa shape index (κ3) is 4.78. The summed E-state index contributed by atoms with van der Waals surface area (Å²) in [7, 11) is 37.1. The van der Waals surface area contributed by atoms with Gasteiger partial charge >= 0.3 is 0 Å². The molecule has 0 aliphatic heterocycles. The van der Waals surface area contributed by atoms with Crippen molar-refractivity contribution in [3.8, 4) is 0 Å². The van der Waals surface area contributed by atoms with E-state index in [0.717, 1.165) is 0 Å². The molecule has 13 radical (unpaired) electrons. The van der Waals surface area contributed by atoms with E-state index in [-0.39, 0.29) is 41.0 Å². The van der Waals surface area contributed by atoms with Crippen molar-refractivity contribution in [2.75, 3.05) is 0 Å². The Morgan fingerprint density at radius 2 is 1.20 bits per heavy atom. The highest BCUT2D eigenvalue weighted by atomic mass is 13.2. The fourth-order valence-electron chi connectivity index (χ4n) is 1.28. The lowest BCUT2D eigenvalue weighted by atomic mass is 8.46. The second-order valence-electron chi connectivity index (χ2n) is 3.08. The summed E-state index contributed by atoms with van der Waals surface area (Å²) < 4.78 is 0. The van der Waals surface area contributed by atoms with Crippen molar-refractivity contribution in [1.82, 2.24) is 0 Å². The molecule has 0 heterocycles. The maximum atomic E-state index is 6.00. The summed E-state index contributed by atoms with van der Waals surface area (Å²) in [5, 5.41) is 0. The van der Waals surface area contributed by atoms with Crippen LogP contribution in [-0.2, 0) is 0 Å². The summed E-state index contributed by atoms with van der Waals surface area (Å²) in [4.78, 5) is 0. The molecule has 0 rings (SSSR count). The van der Waals surface area contributed by atoms with Gasteiger partial charge in [0.1, 0.15) is 0 Å². The second kappa shape index (κ2) is 7.33. The summed E-state index contributed by atoms with van der Waals surface area (Å²) in [5.74, 6) is 0. The van der Waals surface area contributed by atoms with E-state index >= 15 is 0 Å². The van der Waals surface area contributed by atoms with Crippen LogP contribution < -0.4 is 0 Å². The summed E-state index contributed by atoms with van der Waals surface area (Å²) in [6, 6.07) is 0. The Hall–Kier alpha value is 0.974. The van der Waals surface area contributed by atoms with Gasteiger partial charge in [0, 0.05) is 0 Å². The number of hydrogen-bond acceptors (Lipinski definition) is 0. The second-order valence-corrected chi connectivity index (χ2v) is 3.08. The molecule has 0 aromatic carbocycles. The van der Waals surface area contributed by atoms with Crippen LogP contribution in [0.4, 0.5) is 0 Å². The van der Waals surface area contributed by atoms with Gasteiger partial charge in [0.15, 0.2) is 0 Å². The molecule has 0 N–H and O–H groups in total. The zero-order valence-corrected chi connectivity index (χ0v) is 7.51. The van der Waals surface area contributed by atoms with Gasteiger partial charge in [-0.25, -0.2) is 0 Å². The lowest BCUT2D eigenvalue weighted by Crippen LogP contribution is -2.73. The summed E-state index contributed by atoms with van der Waals surface area (Å²) in [6.07, 6.45) is -1.14. The van der Waals surface area contributed by atoms with Crippen LogP contribution in [0, 0.1) is 0 Å². The van der Waals surface area contributed by atoms with Gasteiger partial charge in [0.2, 0.25) is 0 Å². The van der Waals surface area contributed by atoms with E-state index in [4.69, 9.17) is 46.4 Å². The maximum absolute atomic E-state index is 6.00. The fraction of sp³-hybridized carbons (Fsp3) is 0. The van der Waals surface area contributed by atoms with Gasteiger partial charge in [-0.05, 0) is 78.3 Å². The largest absolute Gasteiger partial charge is 0.158 e. The van der Waals surface area contributed by atoms with Crippen molar-refractivity contribution >= 4 is 107 Å². The monoisotopic (exact) mass is 171 g/mol. The molecule has 0 aliphatic rings. The molecule has 0 amide bonds. The molecule has 0 bridgehead atoms. The highest BCUT2D eigenvalue weighted by molar-refractivity contribution is 8.12. The molecule has 53 valence electrons. The molecule has 0 atom stereocenters. The molecular weight excluding hydrogens is 162 g/mol. The van der Waals surface area contributed by atoms with Gasteiger partial charge in [-0.3, -0.25) is 0 Å². The Kier molecular flexibility index (Phi) is 7.81. The molecule has 0 fully saturated rings. The quantitative estimate of drug-likeness (QED) is 0.346. The van der Waals surface area contributed by atoms with Crippen LogP contribution in [-0.4, -0.2) is 107 Å². The number of hydrogen-bond donors (Lipinski definition) is 0. The molecule has 0 saturated carbocycles. The topological polar surface area (TPSA) is 0 Å². The van der Waals surface area contributed by atoms with Crippen molar-refractivity contribution in [1.29, 1.82) is 0 Å². The van der Waals surface area contributed by atoms with E-state index in [1.807, 2.05) is 0 Å². The van der Waals surface area contributed by atoms with Crippen molar-refractivity contribution in [2.45, 2.75) is 0 Å². The molecular formula is H6B15-2. The van der Waals surface area contributed by atoms with Gasteiger partial charge in [0.25, 0.3) is 0 Å². The van der Waals surface area contributed by atoms with Gasteiger partial charge in [-0.2, -0.15) is 7.06 Å². The smallest absolute Gasteiger partial charge is 0.00000325 e. The van der Waals surface area contributed by atoms with E-state index < -0.39 is 12.8 Å². The molecule has 0 aliphatic carbocycles. The Morgan fingerprint density at radius 1 is 0.800 bits per heavy atom. The third-order valence-corrected chi connectivity index (χ3v) is 2.00. The average Bonchev–Trinajstić information content (AvgIpc) is 2.10. The number of rotatable bonds is 6. The predicted octanol–water partition coefficient (Wildman–Crippen LogP) is -7.32. The van der Waals surface area contributed by atoms with Crippen LogP contribution in [0.5, 0.6) is 0 Å². The first-order chi connectivity index (χ1) is 6.82. The van der Waals surface area contributed by atoms with E-state index in [1.165, 1.54) is 0 Å². The van der Waals surface area contributed by atoms with Gasteiger partial charge in [0.05, 0.1) is 0 Å². The van der Waals surface area contributed by atoms with E-state index in [2.05, 4.69) is 7.06 Å². The van der Waals surface area contributed by atoms with E-state index in [0.29, 0.717) is 0 Å². The molecule has 0 aromatic rings. The Bertz CT molecular complexity index is 147. The molecule has 15 heteroatoms. The van der Waals surface area contributed by atoms with Crippen LogP contribution in [0.3, 0.4) is 0 Å². The predicted molar refractivity (Wildman–Crippen MR) is 94.7 cm³/mol. The lowest BCUT2D eigenvalue weighted by molar-refractivity contribution is 3.40. The summed E-state index contributed by atoms with van der Waals surface area (Å²) in [5.41, 5.74) is 0. The van der Waals surface area contributed by atoms with Crippen LogP contribution >= 0.6 is 0 Å². The fourth-order valence-corrected chi connectivity index (χ4v) is 1.28. The van der Waals surface area contributed by atoms with Crippen molar-refractivity contribution in [3.63, 3.8) is 0 Å². The van der Waals surface area contributed by atoms with E-state index in [1.54, 1.807) is 0 Å². The summed E-state index contributed by atoms with van der Waals surface area (Å²) >= 11 is 0. The van der Waals surface area contributed by atoms with Crippen LogP contribution in [0.25, 0.3) is 0 Å². The minimum atomic E-state index is -0.502. The molecule has 0 nitrogen and oxygen atoms in total. The third-order valence-electron chi connectivity index (χ3n) is 2.00. The first kappa shape index (κ1) is 16.0. The van der Waals surface area contributed by atoms with Crippen LogP contribution in [0.1, 0.15) is 0 Å². The molecule has 0 saturated heterocycles. The van der Waals surface area contributed by atoms with Crippen LogP contribution in [0.2, 0.25) is 0 Å². The first-order valence-corrected chi connectivity index (χ1v) is 4.00. The molecule has 0 spiro atoms. The Balaban J connectivity index is 4.84. The van der Waals surface area contributed by atoms with Gasteiger partial charge in [-0.1, -0.05) is 15.5 Å². The summed E-state index contributed by atoms with van der Waals surface area (Å²) in [6.45, 7) is 0. The highest BCUT2D eigenvalue weighted by Crippen LogP contribution is 1.98. The van der Waals surface area contributed by atoms with Crippen molar-refractivity contribution in [3.05, 3.63) is 0 Å². The zero-order valence-electron chi connectivity index (χ0n) is 7.51. The zero-order chi connectivity index (χ0) is 12.2. The van der Waals surface area contributed by atoms with Crippen molar-refractivity contribution < 1.29 is 0 Å². The van der Waals surface area contributed by atoms with Gasteiger partial charge in [-0.15, -0.1) is 6.39 Å². The SMILES string of the molecule is [B]B([B])B(B([B])[BH3-])B(B([B])[B])B([B])[B][BH3-].